The van der Waals surface area contributed by atoms with E-state index in [1.54, 1.807) is 14.2 Å². The number of nitrogens with zero attached hydrogens (tertiary/aromatic N) is 3. The number of ether oxygens (including phenoxy) is 2. The molecule has 2 aliphatic heterocycles. The van der Waals surface area contributed by atoms with Gasteiger partial charge < -0.3 is 19.4 Å². The lowest BCUT2D eigenvalue weighted by Gasteiger charge is -2.28. The van der Waals surface area contributed by atoms with Crippen molar-refractivity contribution in [3.63, 3.8) is 0 Å². The SMILES string of the molecule is COCCC(=O)N1CC[C@@H](c2nc3c(c(=O)[nH]2)CCN(Cc2ccccc2OC)C3)C1. The van der Waals surface area contributed by atoms with Crippen molar-refractivity contribution in [2.75, 3.05) is 40.5 Å². The van der Waals surface area contributed by atoms with Crippen LogP contribution in [-0.2, 0) is 29.0 Å². The molecule has 1 fully saturated rings. The van der Waals surface area contributed by atoms with E-state index in [1.807, 2.05) is 23.1 Å². The first-order chi connectivity index (χ1) is 15.1. The van der Waals surface area contributed by atoms with Crippen molar-refractivity contribution in [3.05, 3.63) is 57.3 Å². The summed E-state index contributed by atoms with van der Waals surface area (Å²) < 4.78 is 10.5. The molecular weight excluding hydrogens is 396 g/mol. The fourth-order valence-electron chi connectivity index (χ4n) is 4.47. The minimum absolute atomic E-state index is 0.0406. The van der Waals surface area contributed by atoms with E-state index in [0.29, 0.717) is 44.9 Å². The Morgan fingerprint density at radius 2 is 2.10 bits per heavy atom. The molecule has 8 heteroatoms. The van der Waals surface area contributed by atoms with Crippen LogP contribution in [0.15, 0.2) is 29.1 Å². The molecule has 0 bridgehead atoms. The summed E-state index contributed by atoms with van der Waals surface area (Å²) in [6.07, 6.45) is 1.88. The van der Waals surface area contributed by atoms with Crippen LogP contribution < -0.4 is 10.3 Å². The van der Waals surface area contributed by atoms with Gasteiger partial charge in [0.2, 0.25) is 5.91 Å². The Bertz CT molecular complexity index is 990. The number of methoxy groups -OCH3 is 2. The van der Waals surface area contributed by atoms with Crippen LogP contribution in [0, 0.1) is 0 Å². The maximum Gasteiger partial charge on any atom is 0.254 e. The van der Waals surface area contributed by atoms with Gasteiger partial charge in [-0.2, -0.15) is 0 Å². The van der Waals surface area contributed by atoms with Crippen molar-refractivity contribution in [2.24, 2.45) is 0 Å². The van der Waals surface area contributed by atoms with Gasteiger partial charge in [0.15, 0.2) is 0 Å². The minimum Gasteiger partial charge on any atom is -0.496 e. The summed E-state index contributed by atoms with van der Waals surface area (Å²) in [5.74, 6) is 1.73. The number of aromatic amines is 1. The van der Waals surface area contributed by atoms with Gasteiger partial charge in [-0.05, 0) is 18.9 Å². The monoisotopic (exact) mass is 426 g/mol. The number of carbonyl (C=O) groups is 1. The highest BCUT2D eigenvalue weighted by atomic mass is 16.5. The predicted molar refractivity (Wildman–Crippen MR) is 116 cm³/mol. The highest BCUT2D eigenvalue weighted by Crippen LogP contribution is 2.27. The Balaban J connectivity index is 1.47. The smallest absolute Gasteiger partial charge is 0.254 e. The van der Waals surface area contributed by atoms with E-state index in [4.69, 9.17) is 14.5 Å². The molecule has 1 amide bonds. The third kappa shape index (κ3) is 4.80. The van der Waals surface area contributed by atoms with Gasteiger partial charge in [-0.15, -0.1) is 0 Å². The summed E-state index contributed by atoms with van der Waals surface area (Å²) in [4.78, 5) is 37.0. The number of hydrogen-bond acceptors (Lipinski definition) is 6. The average molecular weight is 427 g/mol. The second-order valence-corrected chi connectivity index (χ2v) is 8.22. The molecule has 0 saturated carbocycles. The molecule has 0 spiro atoms. The highest BCUT2D eigenvalue weighted by Gasteiger charge is 2.30. The number of fused-ring (bicyclic) bond motifs is 1. The van der Waals surface area contributed by atoms with Crippen LogP contribution in [0.5, 0.6) is 5.75 Å². The zero-order valence-electron chi connectivity index (χ0n) is 18.2. The summed E-state index contributed by atoms with van der Waals surface area (Å²) in [6.45, 7) is 3.89. The summed E-state index contributed by atoms with van der Waals surface area (Å²) in [5, 5.41) is 0. The van der Waals surface area contributed by atoms with Gasteiger partial charge >= 0.3 is 0 Å². The van der Waals surface area contributed by atoms with Gasteiger partial charge in [0, 0.05) is 56.9 Å². The summed E-state index contributed by atoms with van der Waals surface area (Å²) in [5.41, 5.74) is 2.72. The van der Waals surface area contributed by atoms with E-state index in [9.17, 15) is 9.59 Å². The van der Waals surface area contributed by atoms with Crippen molar-refractivity contribution in [1.82, 2.24) is 19.8 Å². The summed E-state index contributed by atoms with van der Waals surface area (Å²) in [7, 11) is 3.28. The number of carbonyl (C=O) groups excluding carboxylic acids is 1. The normalized spacial score (nSPS) is 18.8. The first-order valence-corrected chi connectivity index (χ1v) is 10.8. The van der Waals surface area contributed by atoms with E-state index >= 15 is 0 Å². The van der Waals surface area contributed by atoms with Crippen molar-refractivity contribution in [3.8, 4) is 5.75 Å². The number of amides is 1. The van der Waals surface area contributed by atoms with Gasteiger partial charge in [-0.25, -0.2) is 4.98 Å². The van der Waals surface area contributed by atoms with Gasteiger partial charge in [0.25, 0.3) is 5.56 Å². The van der Waals surface area contributed by atoms with Crippen LogP contribution in [0.2, 0.25) is 0 Å². The van der Waals surface area contributed by atoms with E-state index in [1.165, 1.54) is 0 Å². The second kappa shape index (κ2) is 9.62. The second-order valence-electron chi connectivity index (χ2n) is 8.22. The van der Waals surface area contributed by atoms with E-state index in [2.05, 4.69) is 16.0 Å². The number of likely N-dealkylation sites (tertiary alicyclic amines) is 1. The molecule has 1 saturated heterocycles. The first kappa shape index (κ1) is 21.5. The topological polar surface area (TPSA) is 87.8 Å². The van der Waals surface area contributed by atoms with Gasteiger partial charge in [0.1, 0.15) is 11.6 Å². The summed E-state index contributed by atoms with van der Waals surface area (Å²) in [6, 6.07) is 8.01. The standard InChI is InChI=1S/C23H30N4O4/c1-30-12-9-21(28)27-11-7-17(14-27)22-24-19-15-26(10-8-18(19)23(29)25-22)13-16-5-3-4-6-20(16)31-2/h3-6,17H,7-15H2,1-2H3,(H,24,25,29)/t17-/m1/s1. The lowest BCUT2D eigenvalue weighted by Crippen LogP contribution is -2.36. The lowest BCUT2D eigenvalue weighted by atomic mass is 10.0. The van der Waals surface area contributed by atoms with Gasteiger partial charge in [-0.3, -0.25) is 14.5 Å². The number of H-pyrrole nitrogens is 1. The van der Waals surface area contributed by atoms with Crippen LogP contribution in [0.1, 0.15) is 41.4 Å². The van der Waals surface area contributed by atoms with Crippen LogP contribution in [0.25, 0.3) is 0 Å². The summed E-state index contributed by atoms with van der Waals surface area (Å²) >= 11 is 0. The Morgan fingerprint density at radius 3 is 2.90 bits per heavy atom. The van der Waals surface area contributed by atoms with Crippen LogP contribution in [-0.4, -0.2) is 66.1 Å². The molecule has 4 rings (SSSR count). The molecule has 0 aliphatic carbocycles. The molecule has 1 N–H and O–H groups in total. The molecule has 31 heavy (non-hydrogen) atoms. The predicted octanol–water partition coefficient (Wildman–Crippen LogP) is 1.69. The molecule has 8 nitrogen and oxygen atoms in total. The third-order valence-corrected chi connectivity index (χ3v) is 6.21. The molecule has 1 atom stereocenters. The maximum absolute atomic E-state index is 12.7. The van der Waals surface area contributed by atoms with Gasteiger partial charge in [0.05, 0.1) is 25.8 Å². The van der Waals surface area contributed by atoms with Crippen molar-refractivity contribution in [1.29, 1.82) is 0 Å². The number of nitrogens with one attached hydrogen (secondary N) is 1. The number of rotatable bonds is 7. The Labute approximate surface area is 182 Å². The van der Waals surface area contributed by atoms with E-state index in [-0.39, 0.29) is 17.4 Å². The maximum atomic E-state index is 12.7. The lowest BCUT2D eigenvalue weighted by molar-refractivity contribution is -0.131. The van der Waals surface area contributed by atoms with Crippen molar-refractivity contribution in [2.45, 2.75) is 38.3 Å². The molecule has 2 aromatic rings. The molecule has 166 valence electrons. The van der Waals surface area contributed by atoms with Crippen LogP contribution in [0.4, 0.5) is 0 Å². The first-order valence-electron chi connectivity index (χ1n) is 10.8. The Hall–Kier alpha value is -2.71. The third-order valence-electron chi connectivity index (χ3n) is 6.21. The quantitative estimate of drug-likeness (QED) is 0.725. The zero-order valence-corrected chi connectivity index (χ0v) is 18.2. The van der Waals surface area contributed by atoms with E-state index in [0.717, 1.165) is 42.1 Å². The molecule has 0 radical (unpaired) electrons. The average Bonchev–Trinajstić information content (AvgIpc) is 3.28. The Morgan fingerprint density at radius 1 is 1.26 bits per heavy atom. The molecular formula is C23H30N4O4. The fraction of sp³-hybridized carbons (Fsp3) is 0.522. The van der Waals surface area contributed by atoms with Crippen molar-refractivity contribution < 1.29 is 14.3 Å². The molecule has 1 aromatic heterocycles. The van der Waals surface area contributed by atoms with Crippen LogP contribution in [0.3, 0.4) is 0 Å². The largest absolute Gasteiger partial charge is 0.496 e. The molecule has 2 aliphatic rings. The number of hydrogen-bond donors (Lipinski definition) is 1. The molecule has 0 unspecified atom stereocenters. The van der Waals surface area contributed by atoms with Gasteiger partial charge in [-0.1, -0.05) is 18.2 Å². The van der Waals surface area contributed by atoms with Crippen LogP contribution >= 0.6 is 0 Å². The minimum atomic E-state index is -0.0406. The number of benzene rings is 1. The van der Waals surface area contributed by atoms with E-state index < -0.39 is 0 Å². The Kier molecular flexibility index (Phi) is 6.67. The molecule has 1 aromatic carbocycles. The van der Waals surface area contributed by atoms with Crippen molar-refractivity contribution >= 4 is 5.91 Å². The fourth-order valence-corrected chi connectivity index (χ4v) is 4.47. The zero-order chi connectivity index (χ0) is 21.8. The number of aromatic nitrogens is 2. The number of para-hydroxylation sites is 1. The molecule has 3 heterocycles. The highest BCUT2D eigenvalue weighted by molar-refractivity contribution is 5.76.